The number of hydrogen-bond donors (Lipinski definition) is 3. The van der Waals surface area contributed by atoms with Gasteiger partial charge in [0.1, 0.15) is 12.2 Å². The lowest BCUT2D eigenvalue weighted by atomic mass is 9.79. The number of ether oxygens (including phenoxy) is 4. The van der Waals surface area contributed by atoms with Crippen molar-refractivity contribution in [1.29, 1.82) is 0 Å². The standard InChI is InChI=1S/C23H32O9/c1-5-15(6-2)31-18-12-23(28,22(26)27)13-19(21(18)25)32-20(24)10-8-14-7-9-16(29-3)17(11-14)30-4/h7-11,15,18-19,21,25,28H,5-6,12-13H2,1-4H3,(H,26,27)/b10-8+/t18-,19-,21-,23+/m1/s1. The zero-order valence-corrected chi connectivity index (χ0v) is 18.8. The molecule has 0 aliphatic heterocycles. The summed E-state index contributed by atoms with van der Waals surface area (Å²) < 4.78 is 21.5. The van der Waals surface area contributed by atoms with Crippen molar-refractivity contribution in [3.05, 3.63) is 29.8 Å². The predicted octanol–water partition coefficient (Wildman–Crippen LogP) is 2.17. The van der Waals surface area contributed by atoms with E-state index >= 15 is 0 Å². The average Bonchev–Trinajstić information content (AvgIpc) is 2.78. The lowest BCUT2D eigenvalue weighted by Crippen LogP contribution is -2.58. The Balaban J connectivity index is 2.15. The van der Waals surface area contributed by atoms with Crippen LogP contribution in [0.15, 0.2) is 24.3 Å². The number of aliphatic hydroxyl groups excluding tert-OH is 1. The molecule has 0 heterocycles. The third-order valence-corrected chi connectivity index (χ3v) is 5.60. The molecule has 0 aromatic heterocycles. The molecular weight excluding hydrogens is 420 g/mol. The molecule has 3 N–H and O–H groups in total. The largest absolute Gasteiger partial charge is 0.493 e. The van der Waals surface area contributed by atoms with E-state index in [1.807, 2.05) is 13.8 Å². The Bertz CT molecular complexity index is 818. The maximum Gasteiger partial charge on any atom is 0.335 e. The Morgan fingerprint density at radius 1 is 1.12 bits per heavy atom. The Morgan fingerprint density at radius 3 is 2.31 bits per heavy atom. The van der Waals surface area contributed by atoms with Crippen LogP contribution in [0.2, 0.25) is 0 Å². The van der Waals surface area contributed by atoms with E-state index in [2.05, 4.69) is 0 Å². The highest BCUT2D eigenvalue weighted by atomic mass is 16.6. The molecular formula is C23H32O9. The molecule has 4 atom stereocenters. The number of carbonyl (C=O) groups excluding carboxylic acids is 1. The van der Waals surface area contributed by atoms with Gasteiger partial charge in [-0.05, 0) is 36.6 Å². The summed E-state index contributed by atoms with van der Waals surface area (Å²) in [5, 5.41) is 30.7. The summed E-state index contributed by atoms with van der Waals surface area (Å²) in [6, 6.07) is 5.06. The van der Waals surface area contributed by atoms with Gasteiger partial charge in [0.05, 0.1) is 26.4 Å². The molecule has 0 radical (unpaired) electrons. The first-order valence-electron chi connectivity index (χ1n) is 10.6. The number of aliphatic carboxylic acids is 1. The fourth-order valence-corrected chi connectivity index (χ4v) is 3.68. The molecule has 1 aromatic carbocycles. The van der Waals surface area contributed by atoms with Crippen molar-refractivity contribution in [2.75, 3.05) is 14.2 Å². The summed E-state index contributed by atoms with van der Waals surface area (Å²) in [6.45, 7) is 3.81. The lowest BCUT2D eigenvalue weighted by Gasteiger charge is -2.42. The summed E-state index contributed by atoms with van der Waals surface area (Å²) in [5.74, 6) is -1.23. The molecule has 0 bridgehead atoms. The van der Waals surface area contributed by atoms with Crippen LogP contribution in [0, 0.1) is 0 Å². The van der Waals surface area contributed by atoms with Gasteiger partial charge >= 0.3 is 11.9 Å². The van der Waals surface area contributed by atoms with Gasteiger partial charge in [0.25, 0.3) is 0 Å². The second-order valence-corrected chi connectivity index (χ2v) is 7.77. The first-order chi connectivity index (χ1) is 15.2. The van der Waals surface area contributed by atoms with Crippen molar-refractivity contribution in [3.63, 3.8) is 0 Å². The van der Waals surface area contributed by atoms with Gasteiger partial charge in [-0.3, -0.25) is 0 Å². The summed E-state index contributed by atoms with van der Waals surface area (Å²) in [5.41, 5.74) is -1.53. The molecule has 1 aromatic rings. The highest BCUT2D eigenvalue weighted by Gasteiger charge is 2.51. The fraction of sp³-hybridized carbons (Fsp3) is 0.565. The average molecular weight is 453 g/mol. The maximum atomic E-state index is 12.4. The Kier molecular flexibility index (Phi) is 9.06. The molecule has 2 rings (SSSR count). The summed E-state index contributed by atoms with van der Waals surface area (Å²) in [4.78, 5) is 24.0. The van der Waals surface area contributed by atoms with Crippen LogP contribution in [0.3, 0.4) is 0 Å². The number of methoxy groups -OCH3 is 2. The maximum absolute atomic E-state index is 12.4. The Hall–Kier alpha value is -2.62. The van der Waals surface area contributed by atoms with Gasteiger partial charge in [-0.2, -0.15) is 0 Å². The van der Waals surface area contributed by atoms with Crippen LogP contribution >= 0.6 is 0 Å². The number of esters is 1. The van der Waals surface area contributed by atoms with Crippen LogP contribution in [0.4, 0.5) is 0 Å². The van der Waals surface area contributed by atoms with Crippen molar-refractivity contribution >= 4 is 18.0 Å². The molecule has 1 aliphatic carbocycles. The van der Waals surface area contributed by atoms with E-state index in [9.17, 15) is 24.9 Å². The van der Waals surface area contributed by atoms with Crippen molar-refractivity contribution in [2.24, 2.45) is 0 Å². The Labute approximate surface area is 187 Å². The number of hydrogen-bond acceptors (Lipinski definition) is 8. The number of benzene rings is 1. The van der Waals surface area contributed by atoms with Gasteiger partial charge in [0.15, 0.2) is 17.1 Å². The smallest absolute Gasteiger partial charge is 0.335 e. The van der Waals surface area contributed by atoms with Gasteiger partial charge in [0.2, 0.25) is 0 Å². The van der Waals surface area contributed by atoms with Crippen molar-refractivity contribution in [1.82, 2.24) is 0 Å². The normalized spacial score (nSPS) is 25.7. The molecule has 1 saturated carbocycles. The van der Waals surface area contributed by atoms with Crippen LogP contribution in [-0.4, -0.2) is 71.5 Å². The van der Waals surface area contributed by atoms with Gasteiger partial charge in [-0.1, -0.05) is 19.9 Å². The van der Waals surface area contributed by atoms with E-state index in [1.165, 1.54) is 20.3 Å². The molecule has 9 heteroatoms. The van der Waals surface area contributed by atoms with Crippen LogP contribution in [0.1, 0.15) is 45.1 Å². The number of carboxylic acid groups (broad SMARTS) is 1. The van der Waals surface area contributed by atoms with Crippen LogP contribution in [0.5, 0.6) is 11.5 Å². The molecule has 1 fully saturated rings. The fourth-order valence-electron chi connectivity index (χ4n) is 3.68. The van der Waals surface area contributed by atoms with E-state index < -0.39 is 42.3 Å². The molecule has 1 aliphatic rings. The minimum Gasteiger partial charge on any atom is -0.493 e. The summed E-state index contributed by atoms with van der Waals surface area (Å²) >= 11 is 0. The molecule has 0 unspecified atom stereocenters. The van der Waals surface area contributed by atoms with Gasteiger partial charge in [0, 0.05) is 18.9 Å². The number of carbonyl (C=O) groups is 2. The number of rotatable bonds is 10. The van der Waals surface area contributed by atoms with Crippen molar-refractivity contribution in [3.8, 4) is 11.5 Å². The predicted molar refractivity (Wildman–Crippen MR) is 116 cm³/mol. The van der Waals surface area contributed by atoms with E-state index in [-0.39, 0.29) is 12.5 Å². The van der Waals surface area contributed by atoms with Crippen LogP contribution in [-0.2, 0) is 19.1 Å². The van der Waals surface area contributed by atoms with Crippen molar-refractivity contribution in [2.45, 2.75) is 69.5 Å². The monoisotopic (exact) mass is 452 g/mol. The highest BCUT2D eigenvalue weighted by Crippen LogP contribution is 2.34. The molecule has 9 nitrogen and oxygen atoms in total. The Morgan fingerprint density at radius 2 is 1.75 bits per heavy atom. The first kappa shape index (κ1) is 25.6. The number of carboxylic acids is 1. The van der Waals surface area contributed by atoms with Crippen LogP contribution in [0.25, 0.3) is 6.08 Å². The molecule has 0 amide bonds. The zero-order chi connectivity index (χ0) is 23.9. The van der Waals surface area contributed by atoms with Gasteiger partial charge < -0.3 is 34.3 Å². The third kappa shape index (κ3) is 6.21. The van der Waals surface area contributed by atoms with Gasteiger partial charge in [-0.25, -0.2) is 9.59 Å². The topological polar surface area (TPSA) is 132 Å². The zero-order valence-electron chi connectivity index (χ0n) is 18.8. The summed E-state index contributed by atoms with van der Waals surface area (Å²) in [6.07, 6.45) is -0.499. The van der Waals surface area contributed by atoms with Gasteiger partial charge in [-0.15, -0.1) is 0 Å². The van der Waals surface area contributed by atoms with Crippen LogP contribution < -0.4 is 9.47 Å². The summed E-state index contributed by atoms with van der Waals surface area (Å²) in [7, 11) is 3.01. The molecule has 0 spiro atoms. The number of aliphatic hydroxyl groups is 2. The quantitative estimate of drug-likeness (QED) is 0.361. The second-order valence-electron chi connectivity index (χ2n) is 7.77. The van der Waals surface area contributed by atoms with Crippen molar-refractivity contribution < 1.29 is 43.9 Å². The minimum absolute atomic E-state index is 0.216. The van der Waals surface area contributed by atoms with E-state index in [0.717, 1.165) is 6.08 Å². The third-order valence-electron chi connectivity index (χ3n) is 5.60. The van der Waals surface area contributed by atoms with E-state index in [0.29, 0.717) is 29.9 Å². The second kappa shape index (κ2) is 11.3. The first-order valence-corrected chi connectivity index (χ1v) is 10.6. The molecule has 0 saturated heterocycles. The minimum atomic E-state index is -2.17. The SMILES string of the molecule is CCC(CC)O[C@@H]1C[C@@](O)(C(=O)O)C[C@@H](OC(=O)/C=C/c2ccc(OC)c(OC)c2)[C@@H]1O. The van der Waals surface area contributed by atoms with E-state index in [1.54, 1.807) is 18.2 Å². The molecule has 32 heavy (non-hydrogen) atoms. The molecule has 178 valence electrons. The van der Waals surface area contributed by atoms with E-state index in [4.69, 9.17) is 18.9 Å². The lowest BCUT2D eigenvalue weighted by molar-refractivity contribution is -0.209. The highest BCUT2D eigenvalue weighted by molar-refractivity contribution is 5.87.